The molecule has 2 aromatic rings. The maximum absolute atomic E-state index is 12.3. The number of hydrogen-bond acceptors (Lipinski definition) is 2. The summed E-state index contributed by atoms with van der Waals surface area (Å²) in [4.78, 5) is 0.351. The normalized spacial score (nSPS) is 11.8. The average Bonchev–Trinajstić information content (AvgIpc) is 2.43. The molecule has 19 heavy (non-hydrogen) atoms. The van der Waals surface area contributed by atoms with Crippen molar-refractivity contribution < 1.29 is 8.42 Å². The molecule has 0 amide bonds. The van der Waals surface area contributed by atoms with Crippen molar-refractivity contribution in [3.8, 4) is 0 Å². The Morgan fingerprint density at radius 1 is 1.00 bits per heavy atom. The van der Waals surface area contributed by atoms with Crippen molar-refractivity contribution in [2.24, 2.45) is 0 Å². The van der Waals surface area contributed by atoms with E-state index in [9.17, 15) is 8.42 Å². The van der Waals surface area contributed by atoms with Gasteiger partial charge in [-0.3, -0.25) is 0 Å². The SMILES string of the molecule is O=S(=O)(NCCCCBr)c1cccc2ccccc12. The van der Waals surface area contributed by atoms with Crippen LogP contribution in [0.4, 0.5) is 0 Å². The number of hydrogen-bond donors (Lipinski definition) is 1. The zero-order valence-electron chi connectivity index (χ0n) is 10.5. The molecule has 0 fully saturated rings. The number of unbranched alkanes of at least 4 members (excludes halogenated alkanes) is 1. The van der Waals surface area contributed by atoms with E-state index >= 15 is 0 Å². The van der Waals surface area contributed by atoms with Crippen molar-refractivity contribution in [2.75, 3.05) is 11.9 Å². The van der Waals surface area contributed by atoms with Gasteiger partial charge < -0.3 is 0 Å². The van der Waals surface area contributed by atoms with Crippen LogP contribution >= 0.6 is 15.9 Å². The van der Waals surface area contributed by atoms with E-state index in [-0.39, 0.29) is 0 Å². The summed E-state index contributed by atoms with van der Waals surface area (Å²) < 4.78 is 27.2. The molecule has 2 aromatic carbocycles. The Bertz CT molecular complexity index is 650. The van der Waals surface area contributed by atoms with E-state index in [4.69, 9.17) is 0 Å². The Morgan fingerprint density at radius 3 is 2.53 bits per heavy atom. The Kier molecular flexibility index (Phi) is 4.96. The first-order valence-corrected chi connectivity index (χ1v) is 8.79. The molecular formula is C14H16BrNO2S. The standard InChI is InChI=1S/C14H16BrNO2S/c15-10-3-4-11-16-19(17,18)14-9-5-7-12-6-1-2-8-13(12)14/h1-2,5-9,16H,3-4,10-11H2. The van der Waals surface area contributed by atoms with Gasteiger partial charge in [-0.1, -0.05) is 52.3 Å². The highest BCUT2D eigenvalue weighted by Crippen LogP contribution is 2.22. The zero-order valence-corrected chi connectivity index (χ0v) is 12.9. The summed E-state index contributed by atoms with van der Waals surface area (Å²) in [5.41, 5.74) is 0. The third-order valence-electron chi connectivity index (χ3n) is 2.89. The Morgan fingerprint density at radius 2 is 1.74 bits per heavy atom. The summed E-state index contributed by atoms with van der Waals surface area (Å²) in [6, 6.07) is 12.8. The van der Waals surface area contributed by atoms with Crippen molar-refractivity contribution in [3.05, 3.63) is 42.5 Å². The molecule has 5 heteroatoms. The minimum atomic E-state index is -3.43. The Labute approximate surface area is 122 Å². The summed E-state index contributed by atoms with van der Waals surface area (Å²) in [5.74, 6) is 0. The van der Waals surface area contributed by atoms with Crippen molar-refractivity contribution >= 4 is 36.7 Å². The molecule has 0 unspecified atom stereocenters. The lowest BCUT2D eigenvalue weighted by atomic mass is 10.1. The minimum Gasteiger partial charge on any atom is -0.211 e. The molecule has 0 aliphatic carbocycles. The van der Waals surface area contributed by atoms with Crippen molar-refractivity contribution in [2.45, 2.75) is 17.7 Å². The molecule has 0 radical (unpaired) electrons. The van der Waals surface area contributed by atoms with Crippen LogP contribution in [0.25, 0.3) is 10.8 Å². The molecule has 0 aromatic heterocycles. The summed E-state index contributed by atoms with van der Waals surface area (Å²) in [5, 5.41) is 2.59. The highest BCUT2D eigenvalue weighted by Gasteiger charge is 2.15. The van der Waals surface area contributed by atoms with Gasteiger partial charge in [0, 0.05) is 17.3 Å². The topological polar surface area (TPSA) is 46.2 Å². The molecule has 3 nitrogen and oxygen atoms in total. The predicted molar refractivity (Wildman–Crippen MR) is 82.2 cm³/mol. The molecule has 0 aliphatic rings. The Hall–Kier alpha value is -0.910. The monoisotopic (exact) mass is 341 g/mol. The molecule has 0 saturated carbocycles. The van der Waals surface area contributed by atoms with Crippen LogP contribution in [-0.4, -0.2) is 20.3 Å². The van der Waals surface area contributed by atoms with E-state index < -0.39 is 10.0 Å². The number of benzene rings is 2. The van der Waals surface area contributed by atoms with E-state index in [0.29, 0.717) is 11.4 Å². The molecule has 0 heterocycles. The largest absolute Gasteiger partial charge is 0.241 e. The van der Waals surface area contributed by atoms with Gasteiger partial charge in [-0.25, -0.2) is 13.1 Å². The average molecular weight is 342 g/mol. The summed E-state index contributed by atoms with van der Waals surface area (Å²) in [7, 11) is -3.43. The third-order valence-corrected chi connectivity index (χ3v) is 4.97. The number of halogens is 1. The summed E-state index contributed by atoms with van der Waals surface area (Å²) in [6.45, 7) is 0.469. The van der Waals surface area contributed by atoms with E-state index in [0.717, 1.165) is 28.9 Å². The van der Waals surface area contributed by atoms with Crippen LogP contribution in [0.1, 0.15) is 12.8 Å². The van der Waals surface area contributed by atoms with E-state index in [1.165, 1.54) is 0 Å². The molecular weight excluding hydrogens is 326 g/mol. The number of fused-ring (bicyclic) bond motifs is 1. The fourth-order valence-corrected chi connectivity index (χ4v) is 3.63. The van der Waals surface area contributed by atoms with Crippen molar-refractivity contribution in [3.63, 3.8) is 0 Å². The molecule has 0 aliphatic heterocycles. The smallest absolute Gasteiger partial charge is 0.211 e. The quantitative estimate of drug-likeness (QED) is 0.647. The number of rotatable bonds is 6. The first-order chi connectivity index (χ1) is 9.15. The first kappa shape index (κ1) is 14.5. The van der Waals surface area contributed by atoms with E-state index in [2.05, 4.69) is 20.7 Å². The van der Waals surface area contributed by atoms with E-state index in [1.807, 2.05) is 30.3 Å². The second-order valence-corrected chi connectivity index (χ2v) is 6.80. The van der Waals surface area contributed by atoms with Gasteiger partial charge in [-0.2, -0.15) is 0 Å². The molecule has 1 N–H and O–H groups in total. The van der Waals surface area contributed by atoms with Crippen LogP contribution in [0.5, 0.6) is 0 Å². The zero-order chi connectivity index (χ0) is 13.7. The van der Waals surface area contributed by atoms with Crippen molar-refractivity contribution in [1.82, 2.24) is 4.72 Å². The van der Waals surface area contributed by atoms with Gasteiger partial charge in [-0.15, -0.1) is 0 Å². The van der Waals surface area contributed by atoms with Crippen LogP contribution in [-0.2, 0) is 10.0 Å². The van der Waals surface area contributed by atoms with Crippen LogP contribution in [0.3, 0.4) is 0 Å². The highest BCUT2D eigenvalue weighted by atomic mass is 79.9. The van der Waals surface area contributed by atoms with Gasteiger partial charge >= 0.3 is 0 Å². The summed E-state index contributed by atoms with van der Waals surface area (Å²) >= 11 is 3.33. The van der Waals surface area contributed by atoms with Crippen LogP contribution in [0, 0.1) is 0 Å². The van der Waals surface area contributed by atoms with Crippen LogP contribution in [0.2, 0.25) is 0 Å². The lowest BCUT2D eigenvalue weighted by Crippen LogP contribution is -2.25. The van der Waals surface area contributed by atoms with Crippen molar-refractivity contribution in [1.29, 1.82) is 0 Å². The number of nitrogens with one attached hydrogen (secondary N) is 1. The fourth-order valence-electron chi connectivity index (χ4n) is 1.93. The lowest BCUT2D eigenvalue weighted by molar-refractivity contribution is 0.579. The molecule has 2 rings (SSSR count). The molecule has 102 valence electrons. The second kappa shape index (κ2) is 6.50. The van der Waals surface area contributed by atoms with Gasteiger partial charge in [0.15, 0.2) is 0 Å². The van der Waals surface area contributed by atoms with Crippen LogP contribution in [0.15, 0.2) is 47.4 Å². The van der Waals surface area contributed by atoms with Gasteiger partial charge in [0.1, 0.15) is 0 Å². The predicted octanol–water partition coefficient (Wildman–Crippen LogP) is 3.29. The number of alkyl halides is 1. The van der Waals surface area contributed by atoms with Gasteiger partial charge in [0.05, 0.1) is 4.90 Å². The fraction of sp³-hybridized carbons (Fsp3) is 0.286. The maximum Gasteiger partial charge on any atom is 0.241 e. The molecule has 0 spiro atoms. The second-order valence-electron chi connectivity index (χ2n) is 4.27. The summed E-state index contributed by atoms with van der Waals surface area (Å²) in [6.07, 6.45) is 1.79. The van der Waals surface area contributed by atoms with E-state index in [1.54, 1.807) is 12.1 Å². The molecule has 0 saturated heterocycles. The van der Waals surface area contributed by atoms with Gasteiger partial charge in [0.2, 0.25) is 10.0 Å². The lowest BCUT2D eigenvalue weighted by Gasteiger charge is -2.09. The number of sulfonamides is 1. The van der Waals surface area contributed by atoms with Crippen LogP contribution < -0.4 is 4.72 Å². The highest BCUT2D eigenvalue weighted by molar-refractivity contribution is 9.09. The molecule has 0 bridgehead atoms. The van der Waals surface area contributed by atoms with Gasteiger partial charge in [0.25, 0.3) is 0 Å². The van der Waals surface area contributed by atoms with Gasteiger partial charge in [-0.05, 0) is 24.3 Å². The maximum atomic E-state index is 12.3. The third kappa shape index (κ3) is 3.55. The molecule has 0 atom stereocenters. The first-order valence-electron chi connectivity index (χ1n) is 6.18. The Balaban J connectivity index is 2.28. The minimum absolute atomic E-state index is 0.351.